The molecule has 1 aliphatic heterocycles. The van der Waals surface area contributed by atoms with Crippen LogP contribution in [0.3, 0.4) is 0 Å². The number of benzene rings is 1. The van der Waals surface area contributed by atoms with E-state index in [4.69, 9.17) is 5.73 Å². The van der Waals surface area contributed by atoms with Crippen LogP contribution in [-0.2, 0) is 6.42 Å². The summed E-state index contributed by atoms with van der Waals surface area (Å²) >= 11 is 0. The zero-order valence-electron chi connectivity index (χ0n) is 13.6. The Labute approximate surface area is 137 Å². The fourth-order valence-electron chi connectivity index (χ4n) is 2.94. The third-order valence-electron chi connectivity index (χ3n) is 4.31. The third kappa shape index (κ3) is 4.34. The van der Waals surface area contributed by atoms with Crippen LogP contribution in [0.5, 0.6) is 0 Å². The van der Waals surface area contributed by atoms with Gasteiger partial charge in [-0.3, -0.25) is 4.99 Å². The molecule has 23 heavy (non-hydrogen) atoms. The lowest BCUT2D eigenvalue weighted by atomic mass is 10.1. The fraction of sp³-hybridized carbons (Fsp3) is 0.444. The number of aromatic nitrogens is 2. The molecule has 2 heterocycles. The summed E-state index contributed by atoms with van der Waals surface area (Å²) in [5.41, 5.74) is 8.48. The van der Waals surface area contributed by atoms with Gasteiger partial charge in [0, 0.05) is 32.0 Å². The van der Waals surface area contributed by atoms with E-state index in [2.05, 4.69) is 39.3 Å². The minimum Gasteiger partial charge on any atom is -0.370 e. The maximum atomic E-state index is 6.13. The van der Waals surface area contributed by atoms with Gasteiger partial charge in [-0.15, -0.1) is 0 Å². The molecule has 0 saturated carbocycles. The molecule has 1 saturated heterocycles. The van der Waals surface area contributed by atoms with Gasteiger partial charge in [-0.2, -0.15) is 5.10 Å². The molecule has 2 aromatic rings. The van der Waals surface area contributed by atoms with E-state index < -0.39 is 0 Å². The second-order valence-corrected chi connectivity index (χ2v) is 6.01. The lowest BCUT2D eigenvalue weighted by molar-refractivity contribution is 0.428. The van der Waals surface area contributed by atoms with Crippen LogP contribution in [-0.4, -0.2) is 40.3 Å². The van der Waals surface area contributed by atoms with Gasteiger partial charge in [-0.05, 0) is 43.0 Å². The molecule has 3 rings (SSSR count). The molecule has 5 nitrogen and oxygen atoms in total. The highest BCUT2D eigenvalue weighted by atomic mass is 15.3. The number of nitrogens with two attached hydrogens (primary N) is 1. The summed E-state index contributed by atoms with van der Waals surface area (Å²) < 4.78 is 1.86. The third-order valence-corrected chi connectivity index (χ3v) is 4.31. The zero-order chi connectivity index (χ0) is 15.9. The molecule has 5 heteroatoms. The van der Waals surface area contributed by atoms with E-state index in [9.17, 15) is 0 Å². The molecule has 0 aliphatic carbocycles. The number of guanidine groups is 1. The van der Waals surface area contributed by atoms with Gasteiger partial charge in [-0.1, -0.05) is 25.0 Å². The first-order chi connectivity index (χ1) is 11.3. The van der Waals surface area contributed by atoms with Crippen molar-refractivity contribution in [3.05, 3.63) is 48.3 Å². The summed E-state index contributed by atoms with van der Waals surface area (Å²) in [7, 11) is 0. The Morgan fingerprint density at radius 2 is 1.83 bits per heavy atom. The predicted molar refractivity (Wildman–Crippen MR) is 93.8 cm³/mol. The van der Waals surface area contributed by atoms with Gasteiger partial charge in [0.1, 0.15) is 0 Å². The van der Waals surface area contributed by atoms with Crippen molar-refractivity contribution in [1.82, 2.24) is 14.7 Å². The summed E-state index contributed by atoms with van der Waals surface area (Å²) in [6.07, 6.45) is 9.72. The van der Waals surface area contributed by atoms with Crippen LogP contribution in [0.2, 0.25) is 0 Å². The maximum Gasteiger partial charge on any atom is 0.191 e. The number of hydrogen-bond acceptors (Lipinski definition) is 2. The minimum absolute atomic E-state index is 0.708. The van der Waals surface area contributed by atoms with Crippen molar-refractivity contribution in [2.45, 2.75) is 32.1 Å². The van der Waals surface area contributed by atoms with Gasteiger partial charge in [0.05, 0.1) is 5.69 Å². The van der Waals surface area contributed by atoms with Gasteiger partial charge >= 0.3 is 0 Å². The van der Waals surface area contributed by atoms with Crippen LogP contribution >= 0.6 is 0 Å². The van der Waals surface area contributed by atoms with Crippen LogP contribution in [0.25, 0.3) is 5.69 Å². The molecular weight excluding hydrogens is 286 g/mol. The average molecular weight is 311 g/mol. The number of nitrogens with zero attached hydrogens (tertiary/aromatic N) is 4. The SMILES string of the molecule is NC(=NCCc1ccc(-n2cccn2)cc1)N1CCCCCC1. The van der Waals surface area contributed by atoms with Gasteiger partial charge < -0.3 is 10.6 Å². The van der Waals surface area contributed by atoms with Crippen LogP contribution in [0.1, 0.15) is 31.2 Å². The zero-order valence-corrected chi connectivity index (χ0v) is 13.6. The van der Waals surface area contributed by atoms with Crippen molar-refractivity contribution in [2.24, 2.45) is 10.7 Å². The monoisotopic (exact) mass is 311 g/mol. The van der Waals surface area contributed by atoms with E-state index in [0.29, 0.717) is 5.96 Å². The normalized spacial score (nSPS) is 16.3. The first-order valence-corrected chi connectivity index (χ1v) is 8.47. The van der Waals surface area contributed by atoms with Crippen molar-refractivity contribution < 1.29 is 0 Å². The van der Waals surface area contributed by atoms with E-state index in [1.807, 2.05) is 16.9 Å². The Balaban J connectivity index is 1.52. The van der Waals surface area contributed by atoms with E-state index >= 15 is 0 Å². The Kier molecular flexibility index (Phi) is 5.29. The summed E-state index contributed by atoms with van der Waals surface area (Å²) in [6, 6.07) is 10.4. The van der Waals surface area contributed by atoms with E-state index in [0.717, 1.165) is 31.7 Å². The second-order valence-electron chi connectivity index (χ2n) is 6.01. The summed E-state index contributed by atoms with van der Waals surface area (Å²) in [6.45, 7) is 2.84. The van der Waals surface area contributed by atoms with Crippen molar-refractivity contribution >= 4 is 5.96 Å². The molecule has 0 unspecified atom stereocenters. The van der Waals surface area contributed by atoms with Gasteiger partial charge in [0.25, 0.3) is 0 Å². The molecule has 1 aliphatic rings. The molecule has 2 N–H and O–H groups in total. The molecule has 0 spiro atoms. The van der Waals surface area contributed by atoms with E-state index in [1.165, 1.54) is 31.2 Å². The maximum absolute atomic E-state index is 6.13. The Morgan fingerprint density at radius 3 is 2.48 bits per heavy atom. The highest BCUT2D eigenvalue weighted by molar-refractivity contribution is 5.78. The van der Waals surface area contributed by atoms with E-state index in [-0.39, 0.29) is 0 Å². The molecule has 0 atom stereocenters. The second kappa shape index (κ2) is 7.81. The molecule has 1 aromatic heterocycles. The van der Waals surface area contributed by atoms with Crippen LogP contribution in [0, 0.1) is 0 Å². The Bertz CT molecular complexity index is 607. The molecule has 0 radical (unpaired) electrons. The number of likely N-dealkylation sites (tertiary alicyclic amines) is 1. The van der Waals surface area contributed by atoms with Crippen LogP contribution in [0.4, 0.5) is 0 Å². The lowest BCUT2D eigenvalue weighted by Gasteiger charge is -2.21. The highest BCUT2D eigenvalue weighted by Crippen LogP contribution is 2.10. The number of hydrogen-bond donors (Lipinski definition) is 1. The van der Waals surface area contributed by atoms with Crippen molar-refractivity contribution in [3.8, 4) is 5.69 Å². The van der Waals surface area contributed by atoms with Crippen molar-refractivity contribution in [2.75, 3.05) is 19.6 Å². The Morgan fingerprint density at radius 1 is 1.09 bits per heavy atom. The summed E-state index contributed by atoms with van der Waals surface area (Å²) in [5, 5.41) is 4.23. The molecule has 0 bridgehead atoms. The standard InChI is InChI=1S/C18H25N5/c19-18(22-13-3-1-2-4-14-22)20-12-10-16-6-8-17(9-7-16)23-15-5-11-21-23/h5-9,11,15H,1-4,10,12-14H2,(H2,19,20). The lowest BCUT2D eigenvalue weighted by Crippen LogP contribution is -2.38. The molecule has 1 aromatic carbocycles. The van der Waals surface area contributed by atoms with Gasteiger partial charge in [0.2, 0.25) is 0 Å². The molecule has 1 fully saturated rings. The summed E-state index contributed by atoms with van der Waals surface area (Å²) in [4.78, 5) is 6.79. The van der Waals surface area contributed by atoms with Gasteiger partial charge in [0.15, 0.2) is 5.96 Å². The van der Waals surface area contributed by atoms with Crippen LogP contribution in [0.15, 0.2) is 47.7 Å². The molecule has 122 valence electrons. The highest BCUT2D eigenvalue weighted by Gasteiger charge is 2.10. The van der Waals surface area contributed by atoms with Crippen LogP contribution < -0.4 is 5.73 Å². The average Bonchev–Trinajstić information content (AvgIpc) is 2.97. The smallest absolute Gasteiger partial charge is 0.191 e. The first-order valence-electron chi connectivity index (χ1n) is 8.47. The molecule has 0 amide bonds. The Hall–Kier alpha value is -2.30. The predicted octanol–water partition coefficient (Wildman–Crippen LogP) is 2.61. The number of aliphatic imine (C=N–C) groups is 1. The van der Waals surface area contributed by atoms with E-state index in [1.54, 1.807) is 6.20 Å². The fourth-order valence-corrected chi connectivity index (χ4v) is 2.94. The number of rotatable bonds is 4. The summed E-state index contributed by atoms with van der Waals surface area (Å²) in [5.74, 6) is 0.708. The topological polar surface area (TPSA) is 59.4 Å². The largest absolute Gasteiger partial charge is 0.370 e. The molecular formula is C18H25N5. The first kappa shape index (κ1) is 15.6. The minimum atomic E-state index is 0.708. The van der Waals surface area contributed by atoms with Crippen molar-refractivity contribution in [3.63, 3.8) is 0 Å². The quantitative estimate of drug-likeness (QED) is 0.697. The van der Waals surface area contributed by atoms with Gasteiger partial charge in [-0.25, -0.2) is 4.68 Å². The van der Waals surface area contributed by atoms with Crippen molar-refractivity contribution in [1.29, 1.82) is 0 Å².